The maximum Gasteiger partial charge on any atom is 0.329 e. The van der Waals surface area contributed by atoms with E-state index in [1.165, 1.54) is 4.57 Å². The van der Waals surface area contributed by atoms with Crippen molar-refractivity contribution in [2.45, 2.75) is 19.4 Å². The average Bonchev–Trinajstić information content (AvgIpc) is 3.46. The number of rotatable bonds is 9. The molecule has 3 aromatic carbocycles. The fourth-order valence-electron chi connectivity index (χ4n) is 4.49. The monoisotopic (exact) mass is 574 g/mol. The van der Waals surface area contributed by atoms with E-state index < -0.39 is 11.7 Å². The fraction of sp³-hybridized carbons (Fsp3) is 0.172. The molecule has 2 aromatic heterocycles. The number of imidazole rings is 2. The van der Waals surface area contributed by atoms with Crippen LogP contribution in [0.25, 0.3) is 22.5 Å². The summed E-state index contributed by atoms with van der Waals surface area (Å²) in [5, 5.41) is 20.3. The first-order chi connectivity index (χ1) is 18.4. The van der Waals surface area contributed by atoms with Crippen LogP contribution in [-0.2, 0) is 6.42 Å². The van der Waals surface area contributed by atoms with E-state index in [0.717, 1.165) is 27.0 Å². The smallest absolute Gasteiger partial charge is 0.329 e. The molecule has 2 heterocycles. The zero-order chi connectivity index (χ0) is 26.6. The topological polar surface area (TPSA) is 116 Å². The summed E-state index contributed by atoms with van der Waals surface area (Å²) in [6, 6.07) is 24.0. The Labute approximate surface area is 227 Å². The number of aryl methyl sites for hydroxylation is 1. The number of aromatic amines is 2. The maximum atomic E-state index is 13.3. The minimum atomic E-state index is -0.593. The number of hydrogen-bond acceptors (Lipinski definition) is 5. The zero-order valence-electron chi connectivity index (χ0n) is 20.7. The van der Waals surface area contributed by atoms with Crippen molar-refractivity contribution in [2.24, 2.45) is 0 Å². The van der Waals surface area contributed by atoms with Crippen LogP contribution in [-0.4, -0.2) is 42.9 Å². The molecule has 0 aliphatic heterocycles. The molecular weight excluding hydrogens is 548 g/mol. The van der Waals surface area contributed by atoms with Crippen LogP contribution in [0, 0.1) is 6.92 Å². The summed E-state index contributed by atoms with van der Waals surface area (Å²) in [5.41, 5.74) is 4.07. The van der Waals surface area contributed by atoms with Gasteiger partial charge in [0.05, 0.1) is 12.3 Å². The van der Waals surface area contributed by atoms with Crippen LogP contribution in [0.1, 0.15) is 23.1 Å². The van der Waals surface area contributed by atoms with Crippen molar-refractivity contribution >= 4 is 15.9 Å². The summed E-state index contributed by atoms with van der Waals surface area (Å²) < 4.78 is 7.74. The van der Waals surface area contributed by atoms with Gasteiger partial charge in [-0.15, -0.1) is 0 Å². The van der Waals surface area contributed by atoms with E-state index in [-0.39, 0.29) is 19.1 Å². The van der Waals surface area contributed by atoms with E-state index in [1.807, 2.05) is 61.5 Å². The third-order valence-electron chi connectivity index (χ3n) is 6.33. The van der Waals surface area contributed by atoms with Gasteiger partial charge in [0.1, 0.15) is 29.9 Å². The third kappa shape index (κ3) is 5.29. The Hall–Kier alpha value is -4.08. The molecule has 8 nitrogen and oxygen atoms in total. The standard InChI is InChI=1S/C29H27BrN4O4/c1-18-25(20-7-11-22(30)12-8-20)32-27(31-18)24(17-19-5-3-2-4-6-19)34-28(36)26(33-29(34)37)21-9-13-23(14-10-21)38-16-15-35/h2-14,24,35-36H,15-17H2,1H3,(H,31,32)(H,33,37)/t24-/m0/s1. The molecule has 4 N–H and O–H groups in total. The Bertz CT molecular complexity index is 1570. The van der Waals surface area contributed by atoms with E-state index in [4.69, 9.17) is 14.8 Å². The Morgan fingerprint density at radius 2 is 1.66 bits per heavy atom. The maximum absolute atomic E-state index is 13.3. The van der Waals surface area contributed by atoms with Crippen LogP contribution < -0.4 is 10.4 Å². The van der Waals surface area contributed by atoms with Gasteiger partial charge >= 0.3 is 5.69 Å². The lowest BCUT2D eigenvalue weighted by Gasteiger charge is -2.17. The molecule has 0 aliphatic carbocycles. The number of halogens is 1. The van der Waals surface area contributed by atoms with Gasteiger partial charge in [0.25, 0.3) is 0 Å². The van der Waals surface area contributed by atoms with Gasteiger partial charge in [0, 0.05) is 27.7 Å². The second-order valence-corrected chi connectivity index (χ2v) is 9.82. The SMILES string of the molecule is Cc1[nH]c([C@H](Cc2ccccc2)n2c(O)c(-c3ccc(OCCO)cc3)[nH]c2=O)nc1-c1ccc(Br)cc1. The summed E-state index contributed by atoms with van der Waals surface area (Å²) in [6.45, 7) is 2.04. The minimum absolute atomic E-state index is 0.0860. The lowest BCUT2D eigenvalue weighted by atomic mass is 10.0. The molecule has 0 aliphatic rings. The molecule has 5 aromatic rings. The first-order valence-corrected chi connectivity index (χ1v) is 13.0. The molecule has 0 saturated heterocycles. The normalized spacial score (nSPS) is 12.0. The predicted molar refractivity (Wildman–Crippen MR) is 149 cm³/mol. The first-order valence-electron chi connectivity index (χ1n) is 12.2. The molecule has 1 atom stereocenters. The molecule has 0 spiro atoms. The predicted octanol–water partition coefficient (Wildman–Crippen LogP) is 5.21. The lowest BCUT2D eigenvalue weighted by Crippen LogP contribution is -2.25. The Kier molecular flexibility index (Phi) is 7.48. The highest BCUT2D eigenvalue weighted by Gasteiger charge is 2.27. The largest absolute Gasteiger partial charge is 0.493 e. The average molecular weight is 575 g/mol. The molecular formula is C29H27BrN4O4. The molecule has 0 fully saturated rings. The van der Waals surface area contributed by atoms with Crippen LogP contribution in [0.5, 0.6) is 11.6 Å². The van der Waals surface area contributed by atoms with Crippen molar-refractivity contribution in [1.82, 2.24) is 19.5 Å². The Balaban J connectivity index is 1.57. The van der Waals surface area contributed by atoms with Crippen molar-refractivity contribution in [3.63, 3.8) is 0 Å². The van der Waals surface area contributed by atoms with Crippen molar-refractivity contribution in [2.75, 3.05) is 13.2 Å². The summed E-state index contributed by atoms with van der Waals surface area (Å²) in [6.07, 6.45) is 0.437. The Morgan fingerprint density at radius 1 is 0.974 bits per heavy atom. The second kappa shape index (κ2) is 11.1. The summed E-state index contributed by atoms with van der Waals surface area (Å²) in [5.74, 6) is 0.969. The van der Waals surface area contributed by atoms with E-state index in [9.17, 15) is 9.90 Å². The van der Waals surface area contributed by atoms with Crippen molar-refractivity contribution in [1.29, 1.82) is 0 Å². The van der Waals surface area contributed by atoms with Gasteiger partial charge in [-0.25, -0.2) is 9.78 Å². The zero-order valence-corrected chi connectivity index (χ0v) is 22.3. The number of aromatic hydroxyl groups is 1. The van der Waals surface area contributed by atoms with Crippen LogP contribution in [0.3, 0.4) is 0 Å². The van der Waals surface area contributed by atoms with Gasteiger partial charge < -0.3 is 24.9 Å². The molecule has 0 unspecified atom stereocenters. The number of nitrogens with one attached hydrogen (secondary N) is 2. The number of H-pyrrole nitrogens is 2. The Morgan fingerprint density at radius 3 is 2.34 bits per heavy atom. The van der Waals surface area contributed by atoms with Gasteiger partial charge in [0.15, 0.2) is 0 Å². The van der Waals surface area contributed by atoms with E-state index in [0.29, 0.717) is 29.3 Å². The van der Waals surface area contributed by atoms with Crippen molar-refractivity contribution in [3.05, 3.63) is 111 Å². The molecule has 0 saturated carbocycles. The van der Waals surface area contributed by atoms with Crippen LogP contribution in [0.4, 0.5) is 0 Å². The van der Waals surface area contributed by atoms with Gasteiger partial charge in [-0.1, -0.05) is 58.4 Å². The van der Waals surface area contributed by atoms with Crippen LogP contribution in [0.2, 0.25) is 0 Å². The van der Waals surface area contributed by atoms with E-state index in [1.54, 1.807) is 24.3 Å². The minimum Gasteiger partial charge on any atom is -0.493 e. The summed E-state index contributed by atoms with van der Waals surface area (Å²) >= 11 is 3.47. The number of aliphatic hydroxyl groups is 1. The molecule has 0 amide bonds. The quantitative estimate of drug-likeness (QED) is 0.193. The molecule has 38 heavy (non-hydrogen) atoms. The highest BCUT2D eigenvalue weighted by molar-refractivity contribution is 9.10. The number of aliphatic hydroxyl groups excluding tert-OH is 1. The van der Waals surface area contributed by atoms with Crippen LogP contribution >= 0.6 is 15.9 Å². The van der Waals surface area contributed by atoms with Crippen LogP contribution in [0.15, 0.2) is 88.1 Å². The highest BCUT2D eigenvalue weighted by Crippen LogP contribution is 2.33. The number of aromatic nitrogens is 4. The van der Waals surface area contributed by atoms with E-state index in [2.05, 4.69) is 25.9 Å². The number of nitrogens with zero attached hydrogens (tertiary/aromatic N) is 2. The van der Waals surface area contributed by atoms with Gasteiger partial charge in [0.2, 0.25) is 5.88 Å². The summed E-state index contributed by atoms with van der Waals surface area (Å²) in [7, 11) is 0. The number of benzene rings is 3. The number of ether oxygens (including phenoxy) is 1. The van der Waals surface area contributed by atoms with Crippen molar-refractivity contribution < 1.29 is 14.9 Å². The van der Waals surface area contributed by atoms with E-state index >= 15 is 0 Å². The van der Waals surface area contributed by atoms with Crippen molar-refractivity contribution in [3.8, 4) is 34.1 Å². The third-order valence-corrected chi connectivity index (χ3v) is 6.85. The fourth-order valence-corrected chi connectivity index (χ4v) is 4.75. The molecule has 194 valence electrons. The molecule has 0 radical (unpaired) electrons. The molecule has 0 bridgehead atoms. The second-order valence-electron chi connectivity index (χ2n) is 8.90. The first kappa shape index (κ1) is 25.6. The number of hydrogen-bond donors (Lipinski definition) is 4. The highest BCUT2D eigenvalue weighted by atomic mass is 79.9. The lowest BCUT2D eigenvalue weighted by molar-refractivity contribution is 0.201. The molecule has 9 heteroatoms. The van der Waals surface area contributed by atoms with Gasteiger partial charge in [-0.05, 0) is 48.9 Å². The molecule has 5 rings (SSSR count). The van der Waals surface area contributed by atoms with Gasteiger partial charge in [-0.2, -0.15) is 0 Å². The van der Waals surface area contributed by atoms with Gasteiger partial charge in [-0.3, -0.25) is 4.57 Å². The summed E-state index contributed by atoms with van der Waals surface area (Å²) in [4.78, 5) is 24.4.